The highest BCUT2D eigenvalue weighted by molar-refractivity contribution is 5.94. The first-order valence-electron chi connectivity index (χ1n) is 10.5. The molecule has 0 saturated carbocycles. The quantitative estimate of drug-likeness (QED) is 0.475. The SMILES string of the molecule is CCCCCCc1cc2c(=O)c(-c3ccccc3OC)c(C)oc2cc1NC(C)=O. The van der Waals surface area contributed by atoms with E-state index < -0.39 is 0 Å². The van der Waals surface area contributed by atoms with Gasteiger partial charge in [0.2, 0.25) is 11.3 Å². The summed E-state index contributed by atoms with van der Waals surface area (Å²) in [7, 11) is 1.59. The lowest BCUT2D eigenvalue weighted by Crippen LogP contribution is -2.12. The van der Waals surface area contributed by atoms with Crippen molar-refractivity contribution in [3.63, 3.8) is 0 Å². The number of rotatable bonds is 8. The molecule has 1 amide bonds. The van der Waals surface area contributed by atoms with Crippen molar-refractivity contribution in [2.75, 3.05) is 12.4 Å². The second-order valence-electron chi connectivity index (χ2n) is 7.56. The van der Waals surface area contributed by atoms with Gasteiger partial charge in [0.1, 0.15) is 17.1 Å². The molecule has 3 rings (SSSR count). The van der Waals surface area contributed by atoms with Gasteiger partial charge in [-0.05, 0) is 37.5 Å². The average molecular weight is 408 g/mol. The van der Waals surface area contributed by atoms with Crippen LogP contribution in [0, 0.1) is 6.92 Å². The average Bonchev–Trinajstić information content (AvgIpc) is 2.71. The smallest absolute Gasteiger partial charge is 0.221 e. The van der Waals surface area contributed by atoms with E-state index in [0.29, 0.717) is 39.3 Å². The maximum Gasteiger partial charge on any atom is 0.221 e. The molecule has 5 nitrogen and oxygen atoms in total. The van der Waals surface area contributed by atoms with Crippen LogP contribution in [0.4, 0.5) is 5.69 Å². The van der Waals surface area contributed by atoms with Crippen LogP contribution in [-0.2, 0) is 11.2 Å². The van der Waals surface area contributed by atoms with Crippen LogP contribution >= 0.6 is 0 Å². The fraction of sp³-hybridized carbons (Fsp3) is 0.360. The summed E-state index contributed by atoms with van der Waals surface area (Å²) < 4.78 is 11.5. The number of hydrogen-bond donors (Lipinski definition) is 1. The fourth-order valence-electron chi connectivity index (χ4n) is 3.82. The number of carbonyl (C=O) groups is 1. The predicted octanol–water partition coefficient (Wildman–Crippen LogP) is 5.86. The molecule has 0 unspecified atom stereocenters. The predicted molar refractivity (Wildman–Crippen MR) is 121 cm³/mol. The van der Waals surface area contributed by atoms with Gasteiger partial charge in [0.15, 0.2) is 0 Å². The van der Waals surface area contributed by atoms with E-state index >= 15 is 0 Å². The summed E-state index contributed by atoms with van der Waals surface area (Å²) in [6.45, 7) is 5.43. The molecular formula is C25H29NO4. The second kappa shape index (κ2) is 9.61. The number of hydrogen-bond acceptors (Lipinski definition) is 4. The maximum atomic E-state index is 13.5. The Morgan fingerprint density at radius 3 is 2.60 bits per heavy atom. The molecule has 1 aromatic heterocycles. The Kier molecular flexibility index (Phi) is 6.93. The van der Waals surface area contributed by atoms with Crippen molar-refractivity contribution in [1.29, 1.82) is 0 Å². The highest BCUT2D eigenvalue weighted by Gasteiger charge is 2.18. The Bertz CT molecular complexity index is 1110. The molecule has 5 heteroatoms. The molecule has 0 fully saturated rings. The van der Waals surface area contributed by atoms with Crippen LogP contribution in [0.5, 0.6) is 5.75 Å². The van der Waals surface area contributed by atoms with Crippen LogP contribution in [0.1, 0.15) is 50.9 Å². The molecule has 0 aliphatic rings. The summed E-state index contributed by atoms with van der Waals surface area (Å²) in [5.41, 5.74) is 3.25. The zero-order chi connectivity index (χ0) is 21.7. The molecule has 2 aromatic carbocycles. The Hall–Kier alpha value is -3.08. The Morgan fingerprint density at radius 1 is 1.13 bits per heavy atom. The minimum atomic E-state index is -0.145. The number of unbranched alkanes of at least 4 members (excludes halogenated alkanes) is 3. The van der Waals surface area contributed by atoms with Gasteiger partial charge in [-0.15, -0.1) is 0 Å². The van der Waals surface area contributed by atoms with E-state index in [-0.39, 0.29) is 11.3 Å². The van der Waals surface area contributed by atoms with Crippen LogP contribution in [0.15, 0.2) is 45.6 Å². The number of aryl methyl sites for hydroxylation is 2. The minimum Gasteiger partial charge on any atom is -0.496 e. The maximum absolute atomic E-state index is 13.5. The summed E-state index contributed by atoms with van der Waals surface area (Å²) in [4.78, 5) is 25.2. The first-order chi connectivity index (χ1) is 14.5. The third-order valence-electron chi connectivity index (χ3n) is 5.28. The molecule has 158 valence electrons. The van der Waals surface area contributed by atoms with Gasteiger partial charge in [-0.2, -0.15) is 0 Å². The van der Waals surface area contributed by atoms with Crippen molar-refractivity contribution in [2.24, 2.45) is 0 Å². The summed E-state index contributed by atoms with van der Waals surface area (Å²) in [6.07, 6.45) is 5.23. The third-order valence-corrected chi connectivity index (χ3v) is 5.28. The Labute approximate surface area is 177 Å². The van der Waals surface area contributed by atoms with Crippen molar-refractivity contribution < 1.29 is 13.9 Å². The highest BCUT2D eigenvalue weighted by Crippen LogP contribution is 2.33. The van der Waals surface area contributed by atoms with Crippen molar-refractivity contribution in [2.45, 2.75) is 52.9 Å². The molecule has 0 radical (unpaired) electrons. The van der Waals surface area contributed by atoms with E-state index in [0.717, 1.165) is 31.2 Å². The van der Waals surface area contributed by atoms with E-state index in [2.05, 4.69) is 12.2 Å². The van der Waals surface area contributed by atoms with Gasteiger partial charge < -0.3 is 14.5 Å². The number of fused-ring (bicyclic) bond motifs is 1. The van der Waals surface area contributed by atoms with Gasteiger partial charge >= 0.3 is 0 Å². The zero-order valence-corrected chi connectivity index (χ0v) is 18.1. The number of amides is 1. The lowest BCUT2D eigenvalue weighted by atomic mass is 9.98. The topological polar surface area (TPSA) is 68.5 Å². The molecular weight excluding hydrogens is 378 g/mol. The van der Waals surface area contributed by atoms with Gasteiger partial charge in [0, 0.05) is 24.2 Å². The summed E-state index contributed by atoms with van der Waals surface area (Å²) in [5, 5.41) is 3.40. The van der Waals surface area contributed by atoms with Crippen LogP contribution in [0.25, 0.3) is 22.1 Å². The van der Waals surface area contributed by atoms with E-state index in [4.69, 9.17) is 9.15 Å². The normalized spacial score (nSPS) is 10.9. The minimum absolute atomic E-state index is 0.0950. The van der Waals surface area contributed by atoms with Crippen LogP contribution < -0.4 is 15.5 Å². The summed E-state index contributed by atoms with van der Waals surface area (Å²) >= 11 is 0. The van der Waals surface area contributed by atoms with Gasteiger partial charge in [-0.1, -0.05) is 44.4 Å². The number of carbonyl (C=O) groups excluding carboxylic acids is 1. The Morgan fingerprint density at radius 2 is 1.90 bits per heavy atom. The van der Waals surface area contributed by atoms with Gasteiger partial charge in [-0.3, -0.25) is 9.59 Å². The fourth-order valence-corrected chi connectivity index (χ4v) is 3.82. The van der Waals surface area contributed by atoms with Crippen molar-refractivity contribution in [3.8, 4) is 16.9 Å². The molecule has 0 atom stereocenters. The summed E-state index contributed by atoms with van der Waals surface area (Å²) in [5.74, 6) is 0.997. The molecule has 1 N–H and O–H groups in total. The molecule has 0 aliphatic heterocycles. The molecule has 30 heavy (non-hydrogen) atoms. The van der Waals surface area contributed by atoms with E-state index in [1.54, 1.807) is 20.1 Å². The van der Waals surface area contributed by atoms with Crippen molar-refractivity contribution in [3.05, 3.63) is 57.9 Å². The standard InChI is InChI=1S/C25H29NO4/c1-5-6-7-8-11-18-14-20-23(15-21(18)26-17(3)27)30-16(2)24(25(20)28)19-12-9-10-13-22(19)29-4/h9-10,12-15H,5-8,11H2,1-4H3,(H,26,27). The number of anilines is 1. The van der Waals surface area contributed by atoms with Crippen LogP contribution in [-0.4, -0.2) is 13.0 Å². The highest BCUT2D eigenvalue weighted by atomic mass is 16.5. The zero-order valence-electron chi connectivity index (χ0n) is 18.1. The van der Waals surface area contributed by atoms with E-state index in [1.807, 2.05) is 30.3 Å². The lowest BCUT2D eigenvalue weighted by Gasteiger charge is -2.14. The molecule has 0 spiro atoms. The molecule has 0 aliphatic carbocycles. The summed E-state index contributed by atoms with van der Waals surface area (Å²) in [6, 6.07) is 11.1. The molecule has 0 saturated heterocycles. The number of nitrogens with one attached hydrogen (secondary N) is 1. The second-order valence-corrected chi connectivity index (χ2v) is 7.56. The molecule has 3 aromatic rings. The van der Waals surface area contributed by atoms with Crippen molar-refractivity contribution >= 4 is 22.6 Å². The number of benzene rings is 2. The first kappa shape index (κ1) is 21.6. The number of ether oxygens (including phenoxy) is 1. The largest absolute Gasteiger partial charge is 0.496 e. The van der Waals surface area contributed by atoms with Crippen LogP contribution in [0.2, 0.25) is 0 Å². The van der Waals surface area contributed by atoms with E-state index in [9.17, 15) is 9.59 Å². The van der Waals surface area contributed by atoms with Gasteiger partial charge in [-0.25, -0.2) is 0 Å². The van der Waals surface area contributed by atoms with Crippen molar-refractivity contribution in [1.82, 2.24) is 0 Å². The van der Waals surface area contributed by atoms with Gasteiger partial charge in [0.25, 0.3) is 0 Å². The number of para-hydroxylation sites is 1. The van der Waals surface area contributed by atoms with Gasteiger partial charge in [0.05, 0.1) is 18.1 Å². The van der Waals surface area contributed by atoms with E-state index in [1.165, 1.54) is 13.3 Å². The Balaban J connectivity index is 2.17. The number of methoxy groups -OCH3 is 1. The molecule has 1 heterocycles. The monoisotopic (exact) mass is 407 g/mol. The molecule has 0 bridgehead atoms. The first-order valence-corrected chi connectivity index (χ1v) is 10.5. The van der Waals surface area contributed by atoms with Crippen LogP contribution in [0.3, 0.4) is 0 Å². The lowest BCUT2D eigenvalue weighted by molar-refractivity contribution is -0.114. The third kappa shape index (κ3) is 4.56.